The summed E-state index contributed by atoms with van der Waals surface area (Å²) in [6.07, 6.45) is -0.743. The van der Waals surface area contributed by atoms with Crippen LogP contribution >= 0.6 is 11.6 Å². The van der Waals surface area contributed by atoms with Crippen LogP contribution in [0.25, 0.3) is 0 Å². The molecule has 3 nitrogen and oxygen atoms in total. The van der Waals surface area contributed by atoms with Crippen LogP contribution in [-0.2, 0) is 0 Å². The molecule has 2 aromatic rings. The quantitative estimate of drug-likeness (QED) is 0.653. The summed E-state index contributed by atoms with van der Waals surface area (Å²) < 4.78 is 24.3. The number of rotatable bonds is 2. The van der Waals surface area contributed by atoms with Gasteiger partial charge in [0.25, 0.3) is 0 Å². The van der Waals surface area contributed by atoms with Gasteiger partial charge >= 0.3 is 0 Å². The van der Waals surface area contributed by atoms with E-state index in [2.05, 4.69) is 4.99 Å². The number of hydrogen-bond acceptors (Lipinski definition) is 3. The largest absolute Gasteiger partial charge is 0.342 e. The second kappa shape index (κ2) is 5.43. The van der Waals surface area contributed by atoms with Crippen LogP contribution in [0.2, 0.25) is 2.82 Å². The highest BCUT2D eigenvalue weighted by Crippen LogP contribution is 2.19. The normalized spacial score (nSPS) is 30.2. The number of alkyl halides is 1. The average Bonchev–Trinajstić information content (AvgIpc) is 2.55. The van der Waals surface area contributed by atoms with Gasteiger partial charge in [-0.05, 0) is 5.56 Å². The lowest BCUT2D eigenvalue weighted by atomic mass is 10.1. The van der Waals surface area contributed by atoms with E-state index in [0.29, 0.717) is 5.56 Å². The molecule has 96 valence electrons. The first-order valence-corrected chi connectivity index (χ1v) is 6.34. The van der Waals surface area contributed by atoms with Crippen molar-refractivity contribution in [2.75, 3.05) is 0 Å². The van der Waals surface area contributed by atoms with E-state index in [0.717, 1.165) is 16.2 Å². The molecule has 1 aliphatic heterocycles. The van der Waals surface area contributed by atoms with Crippen molar-refractivity contribution in [3.05, 3.63) is 71.8 Å². The monoisotopic (exact) mass is 274 g/mol. The van der Waals surface area contributed by atoms with E-state index in [9.17, 15) is 0 Å². The van der Waals surface area contributed by atoms with E-state index in [4.69, 9.17) is 15.8 Å². The van der Waals surface area contributed by atoms with Gasteiger partial charge in [0.1, 0.15) is 13.4 Å². The number of halogens is 1. The fraction of sp³-hybridized carbons (Fsp3) is 0.133. The van der Waals surface area contributed by atoms with Crippen molar-refractivity contribution in [3.8, 4) is 0 Å². The zero-order valence-electron chi connectivity index (χ0n) is 13.1. The number of benzene rings is 2. The van der Waals surface area contributed by atoms with Crippen molar-refractivity contribution in [1.29, 1.82) is 0 Å². The lowest BCUT2D eigenvalue weighted by molar-refractivity contribution is 0.483. The highest BCUT2D eigenvalue weighted by atomic mass is 35.5. The second-order valence-electron chi connectivity index (χ2n) is 4.11. The molecule has 2 N–H and O–H groups in total. The Labute approximate surface area is 121 Å². The summed E-state index contributed by atoms with van der Waals surface area (Å²) in [5.41, 5.74) is -0.631. The lowest BCUT2D eigenvalue weighted by Gasteiger charge is -2.28. The Kier molecular flexibility index (Phi) is 2.61. The van der Waals surface area contributed by atoms with Crippen LogP contribution in [0.15, 0.2) is 65.7 Å². The van der Waals surface area contributed by atoms with Gasteiger partial charge in [-0.2, -0.15) is 0 Å². The summed E-state index contributed by atoms with van der Waals surface area (Å²) in [4.78, 5) is 4.47. The molecule has 3 rings (SSSR count). The fourth-order valence-corrected chi connectivity index (χ4v) is 2.06. The standard InChI is InChI=1S/C15H14ClN3/c16-15-18-13(11-7-3-1-4-8-11)17-14(19-15)12-9-5-2-6-10-12/h1-10,13,15,18H,(H,17,19)/i15D/hD2. The first-order valence-electron chi connectivity index (χ1n) is 7.35. The minimum atomic E-state index is -2.06. The molecule has 4 heteroatoms. The molecular formula is C15H14ClN3. The molecule has 0 amide bonds. The van der Waals surface area contributed by atoms with Gasteiger partial charge in [0.2, 0.25) is 0 Å². The lowest BCUT2D eigenvalue weighted by Crippen LogP contribution is -2.47. The number of hydrogen-bond donors (Lipinski definition) is 2. The van der Waals surface area contributed by atoms with E-state index in [1.165, 1.54) is 0 Å². The Morgan fingerprint density at radius 3 is 2.37 bits per heavy atom. The second-order valence-corrected chi connectivity index (χ2v) is 4.45. The Balaban J connectivity index is 2.12. The highest BCUT2D eigenvalue weighted by molar-refractivity contribution is 6.22. The number of amidine groups is 1. The average molecular weight is 275 g/mol. The van der Waals surface area contributed by atoms with Crippen LogP contribution in [0.4, 0.5) is 0 Å². The Hall–Kier alpha value is -1.84. The predicted octanol–water partition coefficient (Wildman–Crippen LogP) is 2.85. The molecule has 0 aliphatic carbocycles. The third kappa shape index (κ3) is 2.78. The van der Waals surface area contributed by atoms with Gasteiger partial charge in [-0.15, -0.1) is 0 Å². The van der Waals surface area contributed by atoms with E-state index < -0.39 is 11.8 Å². The fourth-order valence-electron chi connectivity index (χ4n) is 1.89. The maximum atomic E-state index is 8.16. The molecule has 2 unspecified atom stereocenters. The van der Waals surface area contributed by atoms with Crippen LogP contribution in [0.1, 0.15) is 18.7 Å². The van der Waals surface area contributed by atoms with Crippen LogP contribution in [0, 0.1) is 0 Å². The van der Waals surface area contributed by atoms with Gasteiger partial charge in [-0.1, -0.05) is 72.3 Å². The van der Waals surface area contributed by atoms with Crippen molar-refractivity contribution >= 4 is 17.4 Å². The summed E-state index contributed by atoms with van der Waals surface area (Å²) in [7, 11) is 0. The molecule has 2 aromatic carbocycles. The Morgan fingerprint density at radius 1 is 1.05 bits per heavy atom. The van der Waals surface area contributed by atoms with Gasteiger partial charge in [0.05, 0.1) is 1.37 Å². The van der Waals surface area contributed by atoms with Gasteiger partial charge in [0.15, 0.2) is 7.01 Å². The molecule has 19 heavy (non-hydrogen) atoms. The Morgan fingerprint density at radius 2 is 1.68 bits per heavy atom. The van der Waals surface area contributed by atoms with Gasteiger partial charge in [-0.3, -0.25) is 5.31 Å². The maximum absolute atomic E-state index is 8.16. The molecule has 0 saturated carbocycles. The molecule has 2 atom stereocenters. The van der Waals surface area contributed by atoms with E-state index in [-0.39, 0.29) is 5.84 Å². The van der Waals surface area contributed by atoms with Gasteiger partial charge < -0.3 is 5.31 Å². The predicted molar refractivity (Wildman–Crippen MR) is 78.1 cm³/mol. The molecule has 0 bridgehead atoms. The van der Waals surface area contributed by atoms with E-state index in [1.807, 2.05) is 48.5 Å². The van der Waals surface area contributed by atoms with Gasteiger partial charge in [0, 0.05) is 5.56 Å². The smallest absolute Gasteiger partial charge is 0.164 e. The van der Waals surface area contributed by atoms with Crippen molar-refractivity contribution in [2.24, 2.45) is 4.99 Å². The minimum absolute atomic E-state index is 0.267. The van der Waals surface area contributed by atoms with Crippen LogP contribution in [0.5, 0.6) is 0 Å². The third-order valence-corrected chi connectivity index (χ3v) is 2.98. The minimum Gasteiger partial charge on any atom is -0.342 e. The first-order chi connectivity index (χ1) is 10.5. The van der Waals surface area contributed by atoms with E-state index in [1.54, 1.807) is 12.1 Å². The van der Waals surface area contributed by atoms with Crippen molar-refractivity contribution in [1.82, 2.24) is 10.6 Å². The number of nitrogens with one attached hydrogen (secondary N) is 2. The molecule has 0 fully saturated rings. The van der Waals surface area contributed by atoms with Crippen LogP contribution in [-0.4, -0.2) is 11.4 Å². The summed E-state index contributed by atoms with van der Waals surface area (Å²) in [6.45, 7) is 0. The summed E-state index contributed by atoms with van der Waals surface area (Å²) in [5.74, 6) is 0.267. The summed E-state index contributed by atoms with van der Waals surface area (Å²) in [5, 5.41) is 1.56. The molecule has 1 heterocycles. The highest BCUT2D eigenvalue weighted by Gasteiger charge is 2.21. The number of aliphatic imine (C=N–C) groups is 1. The van der Waals surface area contributed by atoms with Crippen molar-refractivity contribution < 1.29 is 4.19 Å². The maximum Gasteiger partial charge on any atom is 0.164 e. The molecule has 1 aliphatic rings. The number of nitrogens with zero attached hydrogens (tertiary/aromatic N) is 1. The molecule has 0 aromatic heterocycles. The topological polar surface area (TPSA) is 36.4 Å². The molecule has 0 saturated heterocycles. The summed E-state index contributed by atoms with van der Waals surface area (Å²) >= 11 is 6.12. The molecular weight excluding hydrogens is 258 g/mol. The first kappa shape index (κ1) is 9.13. The van der Waals surface area contributed by atoms with E-state index >= 15 is 0 Å². The zero-order chi connectivity index (χ0) is 15.7. The SMILES string of the molecule is [2H]N1C(c2ccccc2)=NC(c2ccccc2)N([2H])C1([2H])Cl. The molecule has 0 spiro atoms. The molecule has 0 radical (unpaired) electrons. The Bertz CT molecular complexity index is 679. The van der Waals surface area contributed by atoms with Gasteiger partial charge in [-0.25, -0.2) is 4.99 Å². The van der Waals surface area contributed by atoms with Crippen molar-refractivity contribution in [3.63, 3.8) is 0 Å². The van der Waals surface area contributed by atoms with Crippen molar-refractivity contribution in [2.45, 2.75) is 11.8 Å². The summed E-state index contributed by atoms with van der Waals surface area (Å²) in [6, 6.07) is 18.3. The van der Waals surface area contributed by atoms with Crippen LogP contribution in [0.3, 0.4) is 0 Å². The third-order valence-electron chi connectivity index (χ3n) is 2.80. The van der Waals surface area contributed by atoms with Crippen LogP contribution < -0.4 is 10.6 Å². The zero-order valence-corrected chi connectivity index (χ0v) is 10.8.